The molecule has 1 unspecified atom stereocenters. The van der Waals surface area contributed by atoms with Gasteiger partial charge >= 0.3 is 0 Å². The fraction of sp³-hybridized carbons (Fsp3) is 0.429. The van der Waals surface area contributed by atoms with Gasteiger partial charge in [0, 0.05) is 0 Å². The van der Waals surface area contributed by atoms with Gasteiger partial charge in [-0.1, -0.05) is 48.9 Å². The maximum Gasteiger partial charge on any atom is -0.00947 e. The van der Waals surface area contributed by atoms with E-state index in [0.717, 1.165) is 12.3 Å². The molecule has 1 aliphatic rings. The molecular formula is C14H18. The van der Waals surface area contributed by atoms with Crippen molar-refractivity contribution in [1.82, 2.24) is 0 Å². The first-order valence-electron chi connectivity index (χ1n) is 5.59. The van der Waals surface area contributed by atoms with Crippen LogP contribution in [0.2, 0.25) is 0 Å². The van der Waals surface area contributed by atoms with Gasteiger partial charge in [0.2, 0.25) is 0 Å². The van der Waals surface area contributed by atoms with Crippen LogP contribution in [0, 0.1) is 5.92 Å². The lowest BCUT2D eigenvalue weighted by Gasteiger charge is -2.04. The SMILES string of the molecule is CC1CCC/C1=C\Cc1ccccc1. The lowest BCUT2D eigenvalue weighted by molar-refractivity contribution is 0.694. The number of allylic oxidation sites excluding steroid dienone is 2. The number of hydrogen-bond donors (Lipinski definition) is 0. The predicted octanol–water partition coefficient (Wildman–Crippen LogP) is 3.98. The Morgan fingerprint density at radius 2 is 2.07 bits per heavy atom. The third-order valence-electron chi connectivity index (χ3n) is 3.18. The van der Waals surface area contributed by atoms with Gasteiger partial charge in [0.1, 0.15) is 0 Å². The fourth-order valence-electron chi connectivity index (χ4n) is 2.21. The van der Waals surface area contributed by atoms with Gasteiger partial charge in [0.05, 0.1) is 0 Å². The predicted molar refractivity (Wildman–Crippen MR) is 61.2 cm³/mol. The summed E-state index contributed by atoms with van der Waals surface area (Å²) in [4.78, 5) is 0. The van der Waals surface area contributed by atoms with Crippen molar-refractivity contribution in [3.8, 4) is 0 Å². The fourth-order valence-corrected chi connectivity index (χ4v) is 2.21. The Morgan fingerprint density at radius 1 is 1.29 bits per heavy atom. The molecule has 0 aliphatic heterocycles. The van der Waals surface area contributed by atoms with Crippen molar-refractivity contribution < 1.29 is 0 Å². The van der Waals surface area contributed by atoms with E-state index in [1.165, 1.54) is 24.8 Å². The molecule has 0 amide bonds. The summed E-state index contributed by atoms with van der Waals surface area (Å²) in [6.45, 7) is 2.35. The van der Waals surface area contributed by atoms with E-state index in [1.54, 1.807) is 5.57 Å². The maximum atomic E-state index is 2.44. The molecule has 1 saturated carbocycles. The van der Waals surface area contributed by atoms with Gasteiger partial charge in [-0.25, -0.2) is 0 Å². The Bertz CT molecular complexity index is 308. The van der Waals surface area contributed by atoms with E-state index in [-0.39, 0.29) is 0 Å². The Kier molecular flexibility index (Phi) is 3.03. The molecule has 0 spiro atoms. The van der Waals surface area contributed by atoms with Crippen molar-refractivity contribution in [2.45, 2.75) is 32.6 Å². The summed E-state index contributed by atoms with van der Waals surface area (Å²) in [5.74, 6) is 0.832. The zero-order chi connectivity index (χ0) is 9.80. The highest BCUT2D eigenvalue weighted by atomic mass is 14.2. The van der Waals surface area contributed by atoms with Gasteiger partial charge < -0.3 is 0 Å². The second-order valence-electron chi connectivity index (χ2n) is 4.26. The standard InChI is InChI=1S/C14H18/c1-12-6-5-9-14(12)11-10-13-7-3-2-4-8-13/h2-4,7-8,11-12H,5-6,9-10H2,1H3/b14-11+. The van der Waals surface area contributed by atoms with Crippen molar-refractivity contribution in [2.75, 3.05) is 0 Å². The molecule has 1 fully saturated rings. The summed E-state index contributed by atoms with van der Waals surface area (Å²) >= 11 is 0. The van der Waals surface area contributed by atoms with Gasteiger partial charge in [0.25, 0.3) is 0 Å². The van der Waals surface area contributed by atoms with Crippen LogP contribution in [-0.4, -0.2) is 0 Å². The average molecular weight is 186 g/mol. The van der Waals surface area contributed by atoms with Crippen LogP contribution in [0.1, 0.15) is 31.7 Å². The van der Waals surface area contributed by atoms with E-state index in [1.807, 2.05) is 0 Å². The van der Waals surface area contributed by atoms with Gasteiger partial charge in [-0.2, -0.15) is 0 Å². The minimum atomic E-state index is 0.832. The highest BCUT2D eigenvalue weighted by molar-refractivity contribution is 5.20. The largest absolute Gasteiger partial charge is 0.0807 e. The molecule has 74 valence electrons. The molecular weight excluding hydrogens is 168 g/mol. The summed E-state index contributed by atoms with van der Waals surface area (Å²) < 4.78 is 0. The Labute approximate surface area is 86.7 Å². The smallest absolute Gasteiger partial charge is 0.00947 e. The first kappa shape index (κ1) is 9.51. The Hall–Kier alpha value is -1.04. The Balaban J connectivity index is 1.99. The lowest BCUT2D eigenvalue weighted by atomic mass is 10.0. The molecule has 0 nitrogen and oxygen atoms in total. The second-order valence-corrected chi connectivity index (χ2v) is 4.26. The number of hydrogen-bond acceptors (Lipinski definition) is 0. The normalized spacial score (nSPS) is 24.4. The van der Waals surface area contributed by atoms with Crippen LogP contribution in [0.15, 0.2) is 42.0 Å². The van der Waals surface area contributed by atoms with E-state index in [2.05, 4.69) is 43.3 Å². The summed E-state index contributed by atoms with van der Waals surface area (Å²) in [5, 5.41) is 0. The van der Waals surface area contributed by atoms with E-state index in [0.29, 0.717) is 0 Å². The van der Waals surface area contributed by atoms with Gasteiger partial charge in [-0.05, 0) is 37.2 Å². The van der Waals surface area contributed by atoms with Crippen molar-refractivity contribution in [3.63, 3.8) is 0 Å². The van der Waals surface area contributed by atoms with E-state index >= 15 is 0 Å². The Morgan fingerprint density at radius 3 is 2.71 bits per heavy atom. The molecule has 1 aromatic carbocycles. The molecule has 0 saturated heterocycles. The molecule has 1 aliphatic carbocycles. The monoisotopic (exact) mass is 186 g/mol. The third-order valence-corrected chi connectivity index (χ3v) is 3.18. The second kappa shape index (κ2) is 4.45. The maximum absolute atomic E-state index is 2.44. The molecule has 14 heavy (non-hydrogen) atoms. The number of rotatable bonds is 2. The van der Waals surface area contributed by atoms with E-state index < -0.39 is 0 Å². The molecule has 0 aromatic heterocycles. The third kappa shape index (κ3) is 2.25. The molecule has 0 heteroatoms. The van der Waals surface area contributed by atoms with Crippen molar-refractivity contribution in [2.24, 2.45) is 5.92 Å². The van der Waals surface area contributed by atoms with Crippen molar-refractivity contribution in [1.29, 1.82) is 0 Å². The van der Waals surface area contributed by atoms with Crippen LogP contribution in [-0.2, 0) is 6.42 Å². The molecule has 2 rings (SSSR count). The summed E-state index contributed by atoms with van der Waals surface area (Å²) in [6, 6.07) is 10.7. The highest BCUT2D eigenvalue weighted by Gasteiger charge is 2.14. The number of benzene rings is 1. The zero-order valence-electron chi connectivity index (χ0n) is 8.87. The zero-order valence-corrected chi connectivity index (χ0v) is 8.87. The van der Waals surface area contributed by atoms with Crippen molar-refractivity contribution >= 4 is 0 Å². The minimum Gasteiger partial charge on any atom is -0.0807 e. The van der Waals surface area contributed by atoms with E-state index in [4.69, 9.17) is 0 Å². The summed E-state index contributed by atoms with van der Waals surface area (Å²) in [5.41, 5.74) is 3.10. The average Bonchev–Trinajstić information content (AvgIpc) is 2.63. The van der Waals surface area contributed by atoms with Gasteiger partial charge in [-0.3, -0.25) is 0 Å². The van der Waals surface area contributed by atoms with Crippen LogP contribution in [0.25, 0.3) is 0 Å². The van der Waals surface area contributed by atoms with Crippen LogP contribution in [0.4, 0.5) is 0 Å². The lowest BCUT2D eigenvalue weighted by Crippen LogP contribution is -1.90. The van der Waals surface area contributed by atoms with Crippen LogP contribution < -0.4 is 0 Å². The van der Waals surface area contributed by atoms with Crippen LogP contribution >= 0.6 is 0 Å². The van der Waals surface area contributed by atoms with Gasteiger partial charge in [-0.15, -0.1) is 0 Å². The first-order valence-corrected chi connectivity index (χ1v) is 5.59. The minimum absolute atomic E-state index is 0.832. The molecule has 0 bridgehead atoms. The molecule has 1 atom stereocenters. The molecule has 0 N–H and O–H groups in total. The summed E-state index contributed by atoms with van der Waals surface area (Å²) in [7, 11) is 0. The highest BCUT2D eigenvalue weighted by Crippen LogP contribution is 2.30. The van der Waals surface area contributed by atoms with Crippen LogP contribution in [0.5, 0.6) is 0 Å². The van der Waals surface area contributed by atoms with E-state index in [9.17, 15) is 0 Å². The first-order chi connectivity index (χ1) is 6.86. The quantitative estimate of drug-likeness (QED) is 0.613. The van der Waals surface area contributed by atoms with Gasteiger partial charge in [0.15, 0.2) is 0 Å². The molecule has 0 heterocycles. The molecule has 1 aromatic rings. The van der Waals surface area contributed by atoms with Crippen LogP contribution in [0.3, 0.4) is 0 Å². The molecule has 0 radical (unpaired) electrons. The summed E-state index contributed by atoms with van der Waals surface area (Å²) in [6.07, 6.45) is 7.66. The van der Waals surface area contributed by atoms with Crippen molar-refractivity contribution in [3.05, 3.63) is 47.5 Å². The topological polar surface area (TPSA) is 0 Å².